The molecule has 0 saturated carbocycles. The van der Waals surface area contributed by atoms with Crippen molar-refractivity contribution in [2.24, 2.45) is 0 Å². The predicted molar refractivity (Wildman–Crippen MR) is 89.8 cm³/mol. The molecule has 1 atom stereocenters. The van der Waals surface area contributed by atoms with E-state index in [1.165, 1.54) is 0 Å². The van der Waals surface area contributed by atoms with Gasteiger partial charge in [0.05, 0.1) is 18.2 Å². The fourth-order valence-corrected chi connectivity index (χ4v) is 3.27. The summed E-state index contributed by atoms with van der Waals surface area (Å²) in [7, 11) is 0. The number of anilines is 1. The van der Waals surface area contributed by atoms with Gasteiger partial charge in [0.15, 0.2) is 0 Å². The number of nitrogens with two attached hydrogens (primary N) is 1. The van der Waals surface area contributed by atoms with E-state index in [1.807, 2.05) is 41.5 Å². The van der Waals surface area contributed by atoms with E-state index in [4.69, 9.17) is 5.73 Å². The highest BCUT2D eigenvalue weighted by Gasteiger charge is 2.34. The number of nitrogens with zero attached hydrogens (tertiary/aromatic N) is 1. The van der Waals surface area contributed by atoms with Crippen LogP contribution in [0.4, 0.5) is 5.69 Å². The molecule has 3 N–H and O–H groups in total. The van der Waals surface area contributed by atoms with Gasteiger partial charge in [-0.25, -0.2) is 0 Å². The first-order valence-corrected chi connectivity index (χ1v) is 7.68. The van der Waals surface area contributed by atoms with Gasteiger partial charge in [-0.2, -0.15) is 0 Å². The van der Waals surface area contributed by atoms with Crippen LogP contribution in [0.2, 0.25) is 0 Å². The van der Waals surface area contributed by atoms with Crippen LogP contribution in [-0.2, 0) is 0 Å². The molecule has 0 aromatic heterocycles. The van der Waals surface area contributed by atoms with Crippen molar-refractivity contribution in [3.05, 3.63) is 39.1 Å². The molecule has 22 heavy (non-hydrogen) atoms. The van der Waals surface area contributed by atoms with Crippen molar-refractivity contribution < 1.29 is 9.90 Å². The Morgan fingerprint density at radius 3 is 2.18 bits per heavy atom. The first kappa shape index (κ1) is 16.6. The number of carbonyl (C=O) groups is 1. The lowest BCUT2D eigenvalue weighted by Crippen LogP contribution is -2.38. The van der Waals surface area contributed by atoms with Crippen molar-refractivity contribution in [2.75, 3.05) is 12.3 Å². The highest BCUT2D eigenvalue weighted by molar-refractivity contribution is 6.03. The quantitative estimate of drug-likeness (QED) is 0.825. The molecule has 0 radical (unpaired) electrons. The fraction of sp³-hybridized carbons (Fsp3) is 0.500. The molecule has 1 amide bonds. The van der Waals surface area contributed by atoms with E-state index in [-0.39, 0.29) is 18.6 Å². The van der Waals surface area contributed by atoms with E-state index in [9.17, 15) is 9.90 Å². The van der Waals surface area contributed by atoms with Crippen molar-refractivity contribution >= 4 is 11.6 Å². The smallest absolute Gasteiger partial charge is 0.260 e. The van der Waals surface area contributed by atoms with Gasteiger partial charge in [-0.15, -0.1) is 0 Å². The summed E-state index contributed by atoms with van der Waals surface area (Å²) >= 11 is 0. The minimum atomic E-state index is -0.187. The van der Waals surface area contributed by atoms with Gasteiger partial charge < -0.3 is 15.7 Å². The second-order valence-electron chi connectivity index (χ2n) is 6.37. The lowest BCUT2D eigenvalue weighted by atomic mass is 9.91. The lowest BCUT2D eigenvalue weighted by molar-refractivity contribution is 0.0710. The maximum absolute atomic E-state index is 13.1. The van der Waals surface area contributed by atoms with Crippen LogP contribution in [0.3, 0.4) is 0 Å². The highest BCUT2D eigenvalue weighted by atomic mass is 16.3. The Morgan fingerprint density at radius 2 is 1.64 bits per heavy atom. The number of benzene rings is 1. The Labute approximate surface area is 132 Å². The van der Waals surface area contributed by atoms with E-state index < -0.39 is 0 Å². The third-order valence-corrected chi connectivity index (χ3v) is 5.27. The van der Waals surface area contributed by atoms with E-state index in [1.54, 1.807) is 4.90 Å². The van der Waals surface area contributed by atoms with Crippen LogP contribution < -0.4 is 5.73 Å². The Morgan fingerprint density at radius 1 is 1.09 bits per heavy atom. The number of rotatable bonds is 2. The van der Waals surface area contributed by atoms with Gasteiger partial charge in [0, 0.05) is 11.4 Å². The molecular weight excluding hydrogens is 276 g/mol. The number of allylic oxidation sites excluding steroid dienone is 1. The summed E-state index contributed by atoms with van der Waals surface area (Å²) in [4.78, 5) is 14.8. The number of aliphatic hydroxyl groups is 1. The molecule has 1 aliphatic heterocycles. The summed E-state index contributed by atoms with van der Waals surface area (Å²) < 4.78 is 0. The third kappa shape index (κ3) is 2.31. The SMILES string of the molecule is CC1=C(C)N(C(=O)c2c(C)c(C)c(C)c(C)c2N)C(CO)C1. The van der Waals surface area contributed by atoms with Crippen LogP contribution >= 0.6 is 0 Å². The topological polar surface area (TPSA) is 66.6 Å². The van der Waals surface area contributed by atoms with Gasteiger partial charge in [0.25, 0.3) is 5.91 Å². The maximum Gasteiger partial charge on any atom is 0.260 e. The minimum absolute atomic E-state index is 0.0385. The summed E-state index contributed by atoms with van der Waals surface area (Å²) in [5.74, 6) is -0.102. The van der Waals surface area contributed by atoms with Crippen molar-refractivity contribution in [2.45, 2.75) is 54.0 Å². The Hall–Kier alpha value is -1.81. The zero-order valence-electron chi connectivity index (χ0n) is 14.4. The molecule has 0 aliphatic carbocycles. The molecule has 120 valence electrons. The Balaban J connectivity index is 2.60. The van der Waals surface area contributed by atoms with E-state index >= 15 is 0 Å². The van der Waals surface area contributed by atoms with Crippen LogP contribution in [0.15, 0.2) is 11.3 Å². The van der Waals surface area contributed by atoms with Crippen LogP contribution in [0.5, 0.6) is 0 Å². The normalized spacial score (nSPS) is 18.3. The Kier molecular flexibility index (Phi) is 4.34. The van der Waals surface area contributed by atoms with Gasteiger partial charge in [-0.05, 0) is 70.2 Å². The number of hydrogen-bond donors (Lipinski definition) is 2. The molecule has 0 fully saturated rings. The standard InChI is InChI=1S/C18H26N2O2/c1-9-7-15(8-21)20(14(9)6)18(22)16-12(4)10(2)11(3)13(5)17(16)19/h15,21H,7-8,19H2,1-6H3. The summed E-state index contributed by atoms with van der Waals surface area (Å²) in [6, 6.07) is -0.187. The number of hydrogen-bond acceptors (Lipinski definition) is 3. The summed E-state index contributed by atoms with van der Waals surface area (Å²) in [6.45, 7) is 11.9. The van der Waals surface area contributed by atoms with E-state index in [0.29, 0.717) is 11.3 Å². The average molecular weight is 302 g/mol. The van der Waals surface area contributed by atoms with Crippen LogP contribution in [-0.4, -0.2) is 28.6 Å². The van der Waals surface area contributed by atoms with Crippen LogP contribution in [0.25, 0.3) is 0 Å². The maximum atomic E-state index is 13.1. The molecular formula is C18H26N2O2. The van der Waals surface area contributed by atoms with E-state index in [2.05, 4.69) is 0 Å². The molecule has 2 rings (SSSR count). The van der Waals surface area contributed by atoms with Gasteiger partial charge >= 0.3 is 0 Å². The fourth-order valence-electron chi connectivity index (χ4n) is 3.27. The summed E-state index contributed by atoms with van der Waals surface area (Å²) in [5.41, 5.74) is 13.6. The molecule has 4 heteroatoms. The molecule has 1 aromatic carbocycles. The zero-order valence-corrected chi connectivity index (χ0v) is 14.4. The molecule has 0 spiro atoms. The first-order chi connectivity index (χ1) is 10.2. The van der Waals surface area contributed by atoms with Crippen molar-refractivity contribution in [3.63, 3.8) is 0 Å². The third-order valence-electron chi connectivity index (χ3n) is 5.27. The van der Waals surface area contributed by atoms with Gasteiger partial charge in [-0.3, -0.25) is 4.79 Å². The molecule has 1 unspecified atom stereocenters. The highest BCUT2D eigenvalue weighted by Crippen LogP contribution is 2.34. The largest absolute Gasteiger partial charge is 0.398 e. The monoisotopic (exact) mass is 302 g/mol. The van der Waals surface area contributed by atoms with E-state index in [0.717, 1.165) is 39.9 Å². The first-order valence-electron chi connectivity index (χ1n) is 7.68. The van der Waals surface area contributed by atoms with Gasteiger partial charge in [0.1, 0.15) is 0 Å². The molecule has 0 saturated heterocycles. The second-order valence-corrected chi connectivity index (χ2v) is 6.37. The minimum Gasteiger partial charge on any atom is -0.398 e. The summed E-state index contributed by atoms with van der Waals surface area (Å²) in [6.07, 6.45) is 0.719. The predicted octanol–water partition coefficient (Wildman–Crippen LogP) is 3.00. The van der Waals surface area contributed by atoms with Crippen molar-refractivity contribution in [1.29, 1.82) is 0 Å². The molecule has 1 aromatic rings. The molecule has 1 heterocycles. The average Bonchev–Trinajstić information content (AvgIpc) is 2.78. The van der Waals surface area contributed by atoms with Crippen LogP contribution in [0.1, 0.15) is 52.9 Å². The Bertz CT molecular complexity index is 645. The number of aliphatic hydroxyl groups excluding tert-OH is 1. The molecule has 1 aliphatic rings. The lowest BCUT2D eigenvalue weighted by Gasteiger charge is -2.28. The summed E-state index contributed by atoms with van der Waals surface area (Å²) in [5, 5.41) is 9.61. The number of carbonyl (C=O) groups excluding carboxylic acids is 1. The molecule has 0 bridgehead atoms. The zero-order chi connectivity index (χ0) is 16.8. The van der Waals surface area contributed by atoms with Crippen LogP contribution in [0, 0.1) is 27.7 Å². The second kappa shape index (κ2) is 5.76. The number of amides is 1. The van der Waals surface area contributed by atoms with Gasteiger partial charge in [0.2, 0.25) is 0 Å². The van der Waals surface area contributed by atoms with Crippen molar-refractivity contribution in [1.82, 2.24) is 4.90 Å². The molecule has 4 nitrogen and oxygen atoms in total. The van der Waals surface area contributed by atoms with Gasteiger partial charge in [-0.1, -0.05) is 5.57 Å². The number of nitrogen functional groups attached to an aromatic ring is 1. The van der Waals surface area contributed by atoms with Crippen molar-refractivity contribution in [3.8, 4) is 0 Å².